The van der Waals surface area contributed by atoms with Crippen molar-refractivity contribution in [1.29, 1.82) is 0 Å². The SMILES string of the molecule is CC1CC(C)CN(S(=O)(=O)c2ccc(C(=O)Nc3nnc(Cc4ccc(S(=O)(=O)C(C)C)cc4)o3)cc2)C1. The molecule has 204 valence electrons. The number of piperidine rings is 1. The van der Waals surface area contributed by atoms with Crippen LogP contribution < -0.4 is 5.32 Å². The van der Waals surface area contributed by atoms with E-state index in [1.54, 1.807) is 38.1 Å². The van der Waals surface area contributed by atoms with Crippen LogP contribution >= 0.6 is 0 Å². The standard InChI is InChI=1S/C26H32N4O6S2/c1-17(2)37(32,33)22-9-5-20(6-10-22)14-24-28-29-26(36-24)27-25(31)21-7-11-23(12-8-21)38(34,35)30-15-18(3)13-19(4)16-30/h5-12,17-19H,13-16H2,1-4H3,(H,27,29,31). The number of sulfone groups is 1. The van der Waals surface area contributed by atoms with Gasteiger partial charge < -0.3 is 4.42 Å². The number of hydrogen-bond acceptors (Lipinski definition) is 8. The molecule has 1 saturated heterocycles. The van der Waals surface area contributed by atoms with Crippen LogP contribution in [0.25, 0.3) is 0 Å². The van der Waals surface area contributed by atoms with Crippen molar-refractivity contribution < 1.29 is 26.0 Å². The molecule has 2 unspecified atom stereocenters. The highest BCUT2D eigenvalue weighted by Gasteiger charge is 2.31. The van der Waals surface area contributed by atoms with Crippen LogP contribution in [0.4, 0.5) is 6.01 Å². The van der Waals surface area contributed by atoms with Crippen molar-refractivity contribution in [3.63, 3.8) is 0 Å². The van der Waals surface area contributed by atoms with Gasteiger partial charge in [-0.15, -0.1) is 5.10 Å². The first-order valence-electron chi connectivity index (χ1n) is 12.4. The lowest BCUT2D eigenvalue weighted by Crippen LogP contribution is -2.42. The van der Waals surface area contributed by atoms with Gasteiger partial charge in [0.1, 0.15) is 0 Å². The number of aromatic nitrogens is 2. The number of sulfonamides is 1. The Hall–Kier alpha value is -3.09. The molecule has 1 fully saturated rings. The molecule has 1 aliphatic rings. The van der Waals surface area contributed by atoms with Gasteiger partial charge in [0, 0.05) is 18.7 Å². The fourth-order valence-corrected chi connectivity index (χ4v) is 7.26. The average molecular weight is 561 g/mol. The lowest BCUT2D eigenvalue weighted by Gasteiger charge is -2.34. The average Bonchev–Trinajstić information content (AvgIpc) is 3.30. The fraction of sp³-hybridized carbons (Fsp3) is 0.423. The molecule has 0 spiro atoms. The molecule has 1 aromatic heterocycles. The molecule has 38 heavy (non-hydrogen) atoms. The maximum absolute atomic E-state index is 13.1. The molecule has 2 atom stereocenters. The minimum Gasteiger partial charge on any atom is -0.407 e. The summed E-state index contributed by atoms with van der Waals surface area (Å²) in [4.78, 5) is 13.0. The van der Waals surface area contributed by atoms with Gasteiger partial charge in [-0.25, -0.2) is 16.8 Å². The van der Waals surface area contributed by atoms with Crippen molar-refractivity contribution in [3.8, 4) is 0 Å². The van der Waals surface area contributed by atoms with E-state index in [1.165, 1.54) is 28.6 Å². The normalized spacial score (nSPS) is 19.0. The third-order valence-electron chi connectivity index (χ3n) is 6.50. The first-order valence-corrected chi connectivity index (χ1v) is 15.4. The maximum Gasteiger partial charge on any atom is 0.322 e. The summed E-state index contributed by atoms with van der Waals surface area (Å²) < 4.78 is 57.7. The van der Waals surface area contributed by atoms with Crippen LogP contribution in [0.1, 0.15) is 55.9 Å². The van der Waals surface area contributed by atoms with E-state index in [4.69, 9.17) is 4.42 Å². The van der Waals surface area contributed by atoms with Crippen molar-refractivity contribution in [1.82, 2.24) is 14.5 Å². The lowest BCUT2D eigenvalue weighted by atomic mass is 9.94. The highest BCUT2D eigenvalue weighted by Crippen LogP contribution is 2.27. The number of carbonyl (C=O) groups is 1. The molecule has 2 aromatic carbocycles. The van der Waals surface area contributed by atoms with Gasteiger partial charge in [-0.05, 0) is 74.1 Å². The summed E-state index contributed by atoms with van der Waals surface area (Å²) >= 11 is 0. The number of amides is 1. The second-order valence-corrected chi connectivity index (χ2v) is 14.6. The first kappa shape index (κ1) is 27.9. The number of benzene rings is 2. The van der Waals surface area contributed by atoms with Gasteiger partial charge in [0.05, 0.1) is 21.5 Å². The molecule has 12 heteroatoms. The summed E-state index contributed by atoms with van der Waals surface area (Å²) in [5.41, 5.74) is 1.01. The van der Waals surface area contributed by atoms with Crippen LogP contribution in [0.15, 0.2) is 62.7 Å². The van der Waals surface area contributed by atoms with E-state index >= 15 is 0 Å². The second-order valence-electron chi connectivity index (χ2n) is 10.2. The molecule has 4 rings (SSSR count). The predicted octanol–water partition coefficient (Wildman–Crippen LogP) is 3.76. The van der Waals surface area contributed by atoms with E-state index in [0.29, 0.717) is 24.9 Å². The van der Waals surface area contributed by atoms with Gasteiger partial charge in [-0.2, -0.15) is 4.31 Å². The van der Waals surface area contributed by atoms with E-state index in [2.05, 4.69) is 15.5 Å². The van der Waals surface area contributed by atoms with E-state index in [1.807, 2.05) is 13.8 Å². The summed E-state index contributed by atoms with van der Waals surface area (Å²) in [6.07, 6.45) is 1.25. The number of nitrogens with one attached hydrogen (secondary N) is 1. The molecule has 0 saturated carbocycles. The topological polar surface area (TPSA) is 140 Å². The van der Waals surface area contributed by atoms with Crippen molar-refractivity contribution >= 4 is 31.8 Å². The molecule has 10 nitrogen and oxygen atoms in total. The monoisotopic (exact) mass is 560 g/mol. The molecule has 0 aliphatic carbocycles. The molecule has 1 amide bonds. The third-order valence-corrected chi connectivity index (χ3v) is 10.5. The van der Waals surface area contributed by atoms with Crippen molar-refractivity contribution in [2.24, 2.45) is 11.8 Å². The van der Waals surface area contributed by atoms with Gasteiger partial charge in [0.2, 0.25) is 15.9 Å². The Bertz CT molecular complexity index is 1490. The Morgan fingerprint density at radius 3 is 2.11 bits per heavy atom. The number of nitrogens with zero attached hydrogens (tertiary/aromatic N) is 3. The Balaban J connectivity index is 1.38. The summed E-state index contributed by atoms with van der Waals surface area (Å²) in [6.45, 7) is 8.31. The number of rotatable bonds is 8. The zero-order chi connectivity index (χ0) is 27.7. The van der Waals surface area contributed by atoms with Crippen LogP contribution in [0.5, 0.6) is 0 Å². The van der Waals surface area contributed by atoms with Crippen LogP contribution in [0.2, 0.25) is 0 Å². The maximum atomic E-state index is 13.1. The molecular weight excluding hydrogens is 528 g/mol. The van der Waals surface area contributed by atoms with Crippen LogP contribution in [0, 0.1) is 11.8 Å². The molecule has 3 aromatic rings. The largest absolute Gasteiger partial charge is 0.407 e. The van der Waals surface area contributed by atoms with Gasteiger partial charge in [-0.3, -0.25) is 10.1 Å². The molecule has 1 N–H and O–H groups in total. The van der Waals surface area contributed by atoms with Gasteiger partial charge >= 0.3 is 6.01 Å². The molecular formula is C26H32N4O6S2. The highest BCUT2D eigenvalue weighted by atomic mass is 32.2. The van der Waals surface area contributed by atoms with Gasteiger partial charge in [-0.1, -0.05) is 31.1 Å². The van der Waals surface area contributed by atoms with Crippen molar-refractivity contribution in [2.45, 2.75) is 55.6 Å². The summed E-state index contributed by atoms with van der Waals surface area (Å²) in [7, 11) is -7.00. The number of hydrogen-bond donors (Lipinski definition) is 1. The van der Waals surface area contributed by atoms with Gasteiger partial charge in [0.25, 0.3) is 5.91 Å². The van der Waals surface area contributed by atoms with E-state index in [0.717, 1.165) is 12.0 Å². The van der Waals surface area contributed by atoms with Gasteiger partial charge in [0.15, 0.2) is 9.84 Å². The highest BCUT2D eigenvalue weighted by molar-refractivity contribution is 7.92. The third kappa shape index (κ3) is 6.13. The summed E-state index contributed by atoms with van der Waals surface area (Å²) in [5.74, 6) is 0.301. The second kappa shape index (κ2) is 11.0. The predicted molar refractivity (Wildman–Crippen MR) is 142 cm³/mol. The summed E-state index contributed by atoms with van der Waals surface area (Å²) in [6, 6.07) is 12.1. The van der Waals surface area contributed by atoms with Crippen molar-refractivity contribution in [3.05, 3.63) is 65.5 Å². The molecule has 1 aliphatic heterocycles. The first-order chi connectivity index (χ1) is 17.9. The van der Waals surface area contributed by atoms with Crippen LogP contribution in [-0.2, 0) is 26.3 Å². The smallest absolute Gasteiger partial charge is 0.322 e. The summed E-state index contributed by atoms with van der Waals surface area (Å²) in [5, 5.41) is 9.78. The lowest BCUT2D eigenvalue weighted by molar-refractivity contribution is 0.102. The minimum atomic E-state index is -3.64. The Labute approximate surface area is 223 Å². The Morgan fingerprint density at radius 1 is 0.947 bits per heavy atom. The minimum absolute atomic E-state index is 0.100. The number of carbonyl (C=O) groups excluding carboxylic acids is 1. The van der Waals surface area contributed by atoms with Crippen LogP contribution in [-0.4, -0.2) is 55.6 Å². The van der Waals surface area contributed by atoms with E-state index in [9.17, 15) is 21.6 Å². The van der Waals surface area contributed by atoms with E-state index in [-0.39, 0.29) is 33.7 Å². The molecule has 2 heterocycles. The van der Waals surface area contributed by atoms with E-state index < -0.39 is 31.0 Å². The Kier molecular flexibility index (Phi) is 8.05. The fourth-order valence-electron chi connectivity index (χ4n) is 4.52. The van der Waals surface area contributed by atoms with Crippen molar-refractivity contribution in [2.75, 3.05) is 18.4 Å². The Morgan fingerprint density at radius 2 is 1.53 bits per heavy atom. The molecule has 0 bridgehead atoms. The quantitative estimate of drug-likeness (QED) is 0.439. The zero-order valence-corrected chi connectivity index (χ0v) is 23.4. The van der Waals surface area contributed by atoms with Crippen LogP contribution in [0.3, 0.4) is 0 Å². The zero-order valence-electron chi connectivity index (χ0n) is 21.8. The number of anilines is 1. The molecule has 0 radical (unpaired) electrons.